The van der Waals surface area contributed by atoms with E-state index in [1.54, 1.807) is 0 Å². The molecule has 0 spiro atoms. The summed E-state index contributed by atoms with van der Waals surface area (Å²) in [5, 5.41) is 39.7. The van der Waals surface area contributed by atoms with Crippen molar-refractivity contribution in [3.05, 3.63) is 0 Å². The van der Waals surface area contributed by atoms with E-state index < -0.39 is 23.9 Å². The summed E-state index contributed by atoms with van der Waals surface area (Å²) in [4.78, 5) is 39.7. The summed E-state index contributed by atoms with van der Waals surface area (Å²) < 4.78 is 0. The van der Waals surface area contributed by atoms with Gasteiger partial charge in [0, 0.05) is 23.9 Å². The SMILES string of the molecule is O=C([O-])CCCCCCC(=O)[O-].O=C([O-])CCCCCCC(=O)[O-].[Cu+2].[Zn+2]. The van der Waals surface area contributed by atoms with Crippen LogP contribution in [0.25, 0.3) is 0 Å². The Balaban J connectivity index is -0.000000173. The number of carboxylic acids is 4. The van der Waals surface area contributed by atoms with Gasteiger partial charge >= 0.3 is 36.5 Å². The Morgan fingerprint density at radius 1 is 0.423 bits per heavy atom. The van der Waals surface area contributed by atoms with Crippen LogP contribution >= 0.6 is 0 Å². The topological polar surface area (TPSA) is 161 Å². The van der Waals surface area contributed by atoms with Crippen molar-refractivity contribution >= 4 is 23.9 Å². The van der Waals surface area contributed by atoms with Gasteiger partial charge in [-0.1, -0.05) is 25.7 Å². The summed E-state index contributed by atoms with van der Waals surface area (Å²) in [6.45, 7) is 0. The van der Waals surface area contributed by atoms with E-state index in [4.69, 9.17) is 0 Å². The van der Waals surface area contributed by atoms with Gasteiger partial charge in [0.15, 0.2) is 0 Å². The minimum Gasteiger partial charge on any atom is -0.550 e. The van der Waals surface area contributed by atoms with Crippen molar-refractivity contribution in [2.24, 2.45) is 0 Å². The van der Waals surface area contributed by atoms with Crippen molar-refractivity contribution in [2.45, 2.75) is 77.0 Å². The molecule has 1 radical (unpaired) electrons. The fourth-order valence-electron chi connectivity index (χ4n) is 1.78. The molecule has 0 saturated carbocycles. The zero-order valence-corrected chi connectivity index (χ0v) is 18.7. The standard InChI is InChI=1S/2C8H14O4.Cu.Zn/c2*9-7(10)5-3-1-2-4-6-8(11)12;;/h2*1-6H2,(H,9,10)(H,11,12);;/q;;2*+2/p-4. The van der Waals surface area contributed by atoms with Crippen LogP contribution in [0, 0.1) is 0 Å². The Hall–Kier alpha value is -0.977. The van der Waals surface area contributed by atoms with E-state index in [9.17, 15) is 39.6 Å². The largest absolute Gasteiger partial charge is 2.00 e. The van der Waals surface area contributed by atoms with Gasteiger partial charge in [0.05, 0.1) is 0 Å². The normalized spacial score (nSPS) is 8.92. The maximum atomic E-state index is 9.92. The van der Waals surface area contributed by atoms with Gasteiger partial charge in [0.1, 0.15) is 0 Å². The smallest absolute Gasteiger partial charge is 0.550 e. The van der Waals surface area contributed by atoms with Gasteiger partial charge in [-0.25, -0.2) is 0 Å². The number of aliphatic carboxylic acids is 4. The molecule has 0 fully saturated rings. The number of rotatable bonds is 14. The minimum absolute atomic E-state index is 0. The molecule has 0 aliphatic carbocycles. The van der Waals surface area contributed by atoms with Crippen molar-refractivity contribution in [2.75, 3.05) is 0 Å². The second-order valence-corrected chi connectivity index (χ2v) is 5.32. The Morgan fingerprint density at radius 2 is 0.577 bits per heavy atom. The van der Waals surface area contributed by atoms with E-state index in [0.717, 1.165) is 25.7 Å². The first-order valence-electron chi connectivity index (χ1n) is 8.05. The molecular formula is C16H24CuO8Zn. The summed E-state index contributed by atoms with van der Waals surface area (Å²) >= 11 is 0. The van der Waals surface area contributed by atoms with Gasteiger partial charge < -0.3 is 39.6 Å². The number of hydrogen-bond acceptors (Lipinski definition) is 8. The molecule has 10 heteroatoms. The third-order valence-electron chi connectivity index (χ3n) is 3.02. The first-order chi connectivity index (χ1) is 11.3. The van der Waals surface area contributed by atoms with Crippen molar-refractivity contribution in [1.29, 1.82) is 0 Å². The molecule has 8 nitrogen and oxygen atoms in total. The summed E-state index contributed by atoms with van der Waals surface area (Å²) in [5.41, 5.74) is 0. The summed E-state index contributed by atoms with van der Waals surface area (Å²) in [7, 11) is 0. The molecule has 0 aliphatic heterocycles. The van der Waals surface area contributed by atoms with Gasteiger partial charge in [0.2, 0.25) is 0 Å². The Morgan fingerprint density at radius 3 is 0.692 bits per heavy atom. The van der Waals surface area contributed by atoms with Crippen molar-refractivity contribution in [3.63, 3.8) is 0 Å². The third-order valence-corrected chi connectivity index (χ3v) is 3.02. The number of carbonyl (C=O) groups excluding carboxylic acids is 4. The first-order valence-corrected chi connectivity index (χ1v) is 8.05. The Bertz CT molecular complexity index is 318. The van der Waals surface area contributed by atoms with Gasteiger partial charge in [-0.05, 0) is 51.4 Å². The molecule has 0 bridgehead atoms. The van der Waals surface area contributed by atoms with E-state index in [1.807, 2.05) is 0 Å². The van der Waals surface area contributed by atoms with Crippen molar-refractivity contribution in [3.8, 4) is 0 Å². The average molecular weight is 473 g/mol. The molecule has 0 aromatic heterocycles. The monoisotopic (exact) mass is 471 g/mol. The van der Waals surface area contributed by atoms with E-state index >= 15 is 0 Å². The van der Waals surface area contributed by atoms with Crippen LogP contribution in [0.15, 0.2) is 0 Å². The maximum absolute atomic E-state index is 9.92. The van der Waals surface area contributed by atoms with Crippen LogP contribution in [-0.4, -0.2) is 23.9 Å². The van der Waals surface area contributed by atoms with Gasteiger partial charge in [0.25, 0.3) is 0 Å². The van der Waals surface area contributed by atoms with Crippen LogP contribution in [0.2, 0.25) is 0 Å². The average Bonchev–Trinajstić information content (AvgIpc) is 2.46. The molecular weight excluding hydrogens is 449 g/mol. The summed E-state index contributed by atoms with van der Waals surface area (Å²) in [5.74, 6) is -4.19. The minimum atomic E-state index is -1.05. The van der Waals surface area contributed by atoms with Crippen LogP contribution in [-0.2, 0) is 55.7 Å². The molecule has 0 aliphatic rings. The predicted molar refractivity (Wildman–Crippen MR) is 75.4 cm³/mol. The second kappa shape index (κ2) is 24.0. The van der Waals surface area contributed by atoms with Crippen LogP contribution in [0.3, 0.4) is 0 Å². The quantitative estimate of drug-likeness (QED) is 0.200. The molecule has 0 amide bonds. The number of carbonyl (C=O) groups is 4. The molecule has 0 N–H and O–H groups in total. The maximum Gasteiger partial charge on any atom is 2.00 e. The number of unbranched alkanes of at least 4 members (excludes halogenated alkanes) is 6. The van der Waals surface area contributed by atoms with Crippen LogP contribution < -0.4 is 20.4 Å². The molecule has 0 rings (SSSR count). The van der Waals surface area contributed by atoms with Crippen LogP contribution in [0.4, 0.5) is 0 Å². The van der Waals surface area contributed by atoms with Crippen LogP contribution in [0.5, 0.6) is 0 Å². The van der Waals surface area contributed by atoms with Gasteiger partial charge in [-0.2, -0.15) is 0 Å². The van der Waals surface area contributed by atoms with Crippen molar-refractivity contribution < 1.29 is 76.2 Å². The fourth-order valence-corrected chi connectivity index (χ4v) is 1.78. The Labute approximate surface area is 177 Å². The fraction of sp³-hybridized carbons (Fsp3) is 0.750. The molecule has 0 unspecified atom stereocenters. The second-order valence-electron chi connectivity index (χ2n) is 5.32. The van der Waals surface area contributed by atoms with Gasteiger partial charge in [-0.15, -0.1) is 0 Å². The van der Waals surface area contributed by atoms with Crippen LogP contribution in [0.1, 0.15) is 77.0 Å². The zero-order valence-electron chi connectivity index (χ0n) is 14.8. The summed E-state index contributed by atoms with van der Waals surface area (Å²) in [6.07, 6.45) is 5.45. The molecule has 149 valence electrons. The summed E-state index contributed by atoms with van der Waals surface area (Å²) in [6, 6.07) is 0. The molecule has 26 heavy (non-hydrogen) atoms. The molecule has 0 saturated heterocycles. The Kier molecular flexibility index (Phi) is 30.2. The predicted octanol–water partition coefficient (Wildman–Crippen LogP) is -2.35. The number of carboxylic acid groups (broad SMARTS) is 4. The zero-order chi connectivity index (χ0) is 18.8. The first kappa shape index (κ1) is 32.7. The van der Waals surface area contributed by atoms with E-state index in [1.165, 1.54) is 0 Å². The molecule has 0 atom stereocenters. The van der Waals surface area contributed by atoms with E-state index in [2.05, 4.69) is 0 Å². The van der Waals surface area contributed by atoms with E-state index in [0.29, 0.717) is 25.7 Å². The van der Waals surface area contributed by atoms with Crippen molar-refractivity contribution in [1.82, 2.24) is 0 Å². The molecule has 0 aromatic rings. The third kappa shape index (κ3) is 38.5. The molecule has 0 heterocycles. The van der Waals surface area contributed by atoms with Gasteiger partial charge in [-0.3, -0.25) is 0 Å². The number of hydrogen-bond donors (Lipinski definition) is 0. The van der Waals surface area contributed by atoms with E-state index in [-0.39, 0.29) is 62.2 Å². The molecule has 0 aromatic carbocycles.